The van der Waals surface area contributed by atoms with Crippen LogP contribution in [0.15, 0.2) is 55.0 Å². The van der Waals surface area contributed by atoms with Gasteiger partial charge >= 0.3 is 6.18 Å². The minimum absolute atomic E-state index is 0.0581. The summed E-state index contributed by atoms with van der Waals surface area (Å²) in [4.78, 5) is 6.42. The van der Waals surface area contributed by atoms with Crippen molar-refractivity contribution in [2.75, 3.05) is 18.0 Å². The molecule has 0 radical (unpaired) electrons. The van der Waals surface area contributed by atoms with Gasteiger partial charge < -0.3 is 14.8 Å². The molecule has 0 saturated heterocycles. The fraction of sp³-hybridized carbons (Fsp3) is 0.333. The van der Waals surface area contributed by atoms with Gasteiger partial charge in [-0.2, -0.15) is 18.4 Å². The van der Waals surface area contributed by atoms with E-state index in [9.17, 15) is 18.4 Å². The van der Waals surface area contributed by atoms with Crippen LogP contribution in [0.5, 0.6) is 0 Å². The summed E-state index contributed by atoms with van der Waals surface area (Å²) in [6.45, 7) is 1.81. The van der Waals surface area contributed by atoms with Gasteiger partial charge in [0.1, 0.15) is 0 Å². The van der Waals surface area contributed by atoms with Gasteiger partial charge in [-0.3, -0.25) is 0 Å². The number of nitriles is 1. The van der Waals surface area contributed by atoms with Gasteiger partial charge in [0, 0.05) is 31.5 Å². The first-order valence-corrected chi connectivity index (χ1v) is 10.5. The average Bonchev–Trinajstić information content (AvgIpc) is 3.17. The number of alkyl halides is 3. The van der Waals surface area contributed by atoms with Gasteiger partial charge in [-0.15, -0.1) is 0 Å². The molecule has 2 heterocycles. The van der Waals surface area contributed by atoms with Crippen LogP contribution in [-0.4, -0.2) is 28.7 Å². The summed E-state index contributed by atoms with van der Waals surface area (Å²) in [5.41, 5.74) is 3.51. The molecule has 3 aromatic rings. The molecule has 1 aliphatic heterocycles. The molecule has 0 spiro atoms. The Balaban J connectivity index is 1.49. The van der Waals surface area contributed by atoms with Crippen molar-refractivity contribution in [2.45, 2.75) is 31.6 Å². The second-order valence-corrected chi connectivity index (χ2v) is 8.09. The average molecular weight is 439 g/mol. The quantitative estimate of drug-likeness (QED) is 0.629. The number of nitrogens with zero attached hydrogens (tertiary/aromatic N) is 4. The number of fused-ring (bicyclic) bond motifs is 1. The number of rotatable bonds is 6. The van der Waals surface area contributed by atoms with E-state index in [2.05, 4.69) is 21.3 Å². The van der Waals surface area contributed by atoms with Gasteiger partial charge in [-0.05, 0) is 54.8 Å². The first kappa shape index (κ1) is 21.9. The number of nitrogens with one attached hydrogen (secondary N) is 1. The molecule has 166 valence electrons. The topological polar surface area (TPSA) is 56.9 Å². The number of hydrogen-bond donors (Lipinski definition) is 1. The Morgan fingerprint density at radius 2 is 2.03 bits per heavy atom. The van der Waals surface area contributed by atoms with Crippen molar-refractivity contribution in [2.24, 2.45) is 7.05 Å². The zero-order chi connectivity index (χ0) is 22.7. The highest BCUT2D eigenvalue weighted by Gasteiger charge is 2.32. The maximum Gasteiger partial charge on any atom is 0.416 e. The monoisotopic (exact) mass is 439 g/mol. The maximum atomic E-state index is 13.3. The summed E-state index contributed by atoms with van der Waals surface area (Å²) >= 11 is 0. The largest absolute Gasteiger partial charge is 0.416 e. The standard InChI is InChI=1S/C24H24F3N5/c1-31-16-29-13-21(31)15-32-14-20(11-19-10-17(12-28)6-7-23(19)32)30-9-8-18-4-2-3-5-22(18)24(25,26)27/h2-7,10,13,16,20,30H,8-9,11,14-15H2,1H3. The Kier molecular flexibility index (Phi) is 6.19. The third-order valence-electron chi connectivity index (χ3n) is 5.88. The molecule has 5 nitrogen and oxygen atoms in total. The molecular formula is C24H24F3N5. The number of hydrogen-bond acceptors (Lipinski definition) is 4. The molecule has 0 fully saturated rings. The number of anilines is 1. The second-order valence-electron chi connectivity index (χ2n) is 8.09. The van der Waals surface area contributed by atoms with Crippen LogP contribution in [0, 0.1) is 11.3 Å². The molecule has 0 amide bonds. The van der Waals surface area contributed by atoms with Gasteiger partial charge in [-0.1, -0.05) is 18.2 Å². The number of benzene rings is 2. The maximum absolute atomic E-state index is 13.3. The Morgan fingerprint density at radius 1 is 1.22 bits per heavy atom. The van der Waals surface area contributed by atoms with Crippen LogP contribution in [0.25, 0.3) is 0 Å². The molecule has 0 saturated carbocycles. The van der Waals surface area contributed by atoms with Crippen molar-refractivity contribution in [3.63, 3.8) is 0 Å². The molecule has 1 aromatic heterocycles. The minimum atomic E-state index is -4.35. The van der Waals surface area contributed by atoms with E-state index in [4.69, 9.17) is 0 Å². The third-order valence-corrected chi connectivity index (χ3v) is 5.88. The van der Waals surface area contributed by atoms with E-state index in [-0.39, 0.29) is 6.04 Å². The molecular weight excluding hydrogens is 415 g/mol. The molecule has 2 aromatic carbocycles. The van der Waals surface area contributed by atoms with Crippen LogP contribution in [0.2, 0.25) is 0 Å². The summed E-state index contributed by atoms with van der Waals surface area (Å²) in [6.07, 6.45) is 0.238. The van der Waals surface area contributed by atoms with Crippen LogP contribution < -0.4 is 10.2 Å². The van der Waals surface area contributed by atoms with Crippen LogP contribution in [0.1, 0.15) is 27.9 Å². The molecule has 1 atom stereocenters. The fourth-order valence-corrected chi connectivity index (χ4v) is 4.27. The number of halogens is 3. The highest BCUT2D eigenvalue weighted by Crippen LogP contribution is 2.32. The Bertz CT molecular complexity index is 1130. The van der Waals surface area contributed by atoms with Gasteiger partial charge in [0.15, 0.2) is 0 Å². The first-order valence-electron chi connectivity index (χ1n) is 10.5. The smallest absolute Gasteiger partial charge is 0.364 e. The molecule has 8 heteroatoms. The number of imidazole rings is 1. The molecule has 32 heavy (non-hydrogen) atoms. The Labute approximate surface area is 185 Å². The van der Waals surface area contributed by atoms with Crippen LogP contribution in [0.3, 0.4) is 0 Å². The number of aryl methyl sites for hydroxylation is 1. The van der Waals surface area contributed by atoms with Crippen molar-refractivity contribution in [1.29, 1.82) is 5.26 Å². The highest BCUT2D eigenvalue weighted by atomic mass is 19.4. The minimum Gasteiger partial charge on any atom is -0.364 e. The molecule has 0 bridgehead atoms. The third kappa shape index (κ3) is 4.78. The SMILES string of the molecule is Cn1cncc1CN1CC(NCCc2ccccc2C(F)(F)F)Cc2cc(C#N)ccc21. The van der Waals surface area contributed by atoms with E-state index in [1.165, 1.54) is 12.1 Å². The molecule has 4 rings (SSSR count). The van der Waals surface area contributed by atoms with E-state index in [0.29, 0.717) is 43.6 Å². The van der Waals surface area contributed by atoms with Crippen molar-refractivity contribution < 1.29 is 13.2 Å². The highest BCUT2D eigenvalue weighted by molar-refractivity contribution is 5.59. The van der Waals surface area contributed by atoms with Crippen molar-refractivity contribution in [3.05, 3.63) is 82.9 Å². The predicted molar refractivity (Wildman–Crippen MR) is 116 cm³/mol. The molecule has 1 aliphatic rings. The fourth-order valence-electron chi connectivity index (χ4n) is 4.27. The van der Waals surface area contributed by atoms with E-state index >= 15 is 0 Å². The van der Waals surface area contributed by atoms with E-state index in [0.717, 1.165) is 23.0 Å². The zero-order valence-corrected chi connectivity index (χ0v) is 17.7. The van der Waals surface area contributed by atoms with Crippen molar-refractivity contribution in [1.82, 2.24) is 14.9 Å². The summed E-state index contributed by atoms with van der Waals surface area (Å²) in [5.74, 6) is 0. The summed E-state index contributed by atoms with van der Waals surface area (Å²) in [6, 6.07) is 13.7. The zero-order valence-electron chi connectivity index (χ0n) is 17.7. The lowest BCUT2D eigenvalue weighted by molar-refractivity contribution is -0.138. The molecule has 1 unspecified atom stereocenters. The summed E-state index contributed by atoms with van der Waals surface area (Å²) in [5, 5.41) is 12.7. The van der Waals surface area contributed by atoms with Crippen LogP contribution in [-0.2, 0) is 32.6 Å². The Hall–Kier alpha value is -3.31. The van der Waals surface area contributed by atoms with E-state index < -0.39 is 11.7 Å². The number of aromatic nitrogens is 2. The molecule has 1 N–H and O–H groups in total. The molecule has 0 aliphatic carbocycles. The second kappa shape index (κ2) is 9.05. The Morgan fingerprint density at radius 3 is 2.75 bits per heavy atom. The van der Waals surface area contributed by atoms with Gasteiger partial charge in [0.05, 0.1) is 35.8 Å². The van der Waals surface area contributed by atoms with Crippen LogP contribution in [0.4, 0.5) is 18.9 Å². The van der Waals surface area contributed by atoms with Gasteiger partial charge in [0.2, 0.25) is 0 Å². The van der Waals surface area contributed by atoms with Gasteiger partial charge in [-0.25, -0.2) is 4.98 Å². The lowest BCUT2D eigenvalue weighted by Gasteiger charge is -2.37. The van der Waals surface area contributed by atoms with Crippen molar-refractivity contribution in [3.8, 4) is 6.07 Å². The normalized spacial score (nSPS) is 16.0. The van der Waals surface area contributed by atoms with Crippen molar-refractivity contribution >= 4 is 5.69 Å². The lowest BCUT2D eigenvalue weighted by atomic mass is 9.95. The first-order chi connectivity index (χ1) is 15.3. The summed E-state index contributed by atoms with van der Waals surface area (Å²) < 4.78 is 41.8. The summed E-state index contributed by atoms with van der Waals surface area (Å²) in [7, 11) is 1.94. The van der Waals surface area contributed by atoms with Crippen LogP contribution >= 0.6 is 0 Å². The lowest BCUT2D eigenvalue weighted by Crippen LogP contribution is -2.46. The predicted octanol–water partition coefficient (Wildman–Crippen LogP) is 4.07. The van der Waals surface area contributed by atoms with Gasteiger partial charge in [0.25, 0.3) is 0 Å². The van der Waals surface area contributed by atoms with E-state index in [1.54, 1.807) is 12.4 Å². The van der Waals surface area contributed by atoms with E-state index in [1.807, 2.05) is 36.0 Å².